The van der Waals surface area contributed by atoms with E-state index in [1.807, 2.05) is 35.0 Å². The molecule has 2 aromatic heterocycles. The highest BCUT2D eigenvalue weighted by atomic mass is 16.5. The minimum absolute atomic E-state index is 0.0565. The van der Waals surface area contributed by atoms with Crippen LogP contribution < -0.4 is 10.1 Å². The standard InChI is InChI=1S/C17H19N5O3/c1-24-13-5-2-4-12-11(13)7-8-22(12)10-15(23)18-17-19-16(20-21-17)14-6-3-9-25-14/h2,4-5,7-8,14H,3,6,9-10H2,1H3,(H2,18,19,20,21,23)/t14-/m0/s1. The molecule has 2 N–H and O–H groups in total. The van der Waals surface area contributed by atoms with Crippen LogP contribution >= 0.6 is 0 Å². The summed E-state index contributed by atoms with van der Waals surface area (Å²) in [5.41, 5.74) is 0.935. The molecule has 0 unspecified atom stereocenters. The Morgan fingerprint density at radius 2 is 2.40 bits per heavy atom. The minimum atomic E-state index is -0.196. The van der Waals surface area contributed by atoms with Crippen LogP contribution in [0.4, 0.5) is 5.95 Å². The van der Waals surface area contributed by atoms with Crippen molar-refractivity contribution in [2.75, 3.05) is 19.0 Å². The zero-order valence-electron chi connectivity index (χ0n) is 13.9. The predicted molar refractivity (Wildman–Crippen MR) is 91.4 cm³/mol. The number of ether oxygens (including phenoxy) is 2. The average molecular weight is 341 g/mol. The quantitative estimate of drug-likeness (QED) is 0.742. The van der Waals surface area contributed by atoms with Gasteiger partial charge in [0.15, 0.2) is 5.82 Å². The molecule has 0 radical (unpaired) electrons. The summed E-state index contributed by atoms with van der Waals surface area (Å²) in [5, 5.41) is 10.6. The molecule has 1 aromatic carbocycles. The Bertz CT molecular complexity index is 895. The van der Waals surface area contributed by atoms with Gasteiger partial charge in [-0.3, -0.25) is 15.2 Å². The van der Waals surface area contributed by atoms with Crippen molar-refractivity contribution in [3.05, 3.63) is 36.3 Å². The van der Waals surface area contributed by atoms with Crippen LogP contribution in [0.3, 0.4) is 0 Å². The summed E-state index contributed by atoms with van der Waals surface area (Å²) in [5.74, 6) is 1.51. The lowest BCUT2D eigenvalue weighted by Gasteiger charge is -2.06. The van der Waals surface area contributed by atoms with Gasteiger partial charge < -0.3 is 14.0 Å². The number of rotatable bonds is 5. The van der Waals surface area contributed by atoms with E-state index in [0.29, 0.717) is 5.82 Å². The number of carbonyl (C=O) groups is 1. The highest BCUT2D eigenvalue weighted by molar-refractivity contribution is 5.91. The van der Waals surface area contributed by atoms with Crippen LogP contribution in [0.2, 0.25) is 0 Å². The number of H-pyrrole nitrogens is 1. The number of amides is 1. The minimum Gasteiger partial charge on any atom is -0.496 e. The van der Waals surface area contributed by atoms with E-state index in [1.165, 1.54) is 0 Å². The van der Waals surface area contributed by atoms with Crippen molar-refractivity contribution in [1.29, 1.82) is 0 Å². The molecular weight excluding hydrogens is 322 g/mol. The van der Waals surface area contributed by atoms with Crippen LogP contribution in [0.1, 0.15) is 24.8 Å². The molecule has 3 heterocycles. The predicted octanol–water partition coefficient (Wildman–Crippen LogP) is 2.26. The van der Waals surface area contributed by atoms with Gasteiger partial charge in [0.05, 0.1) is 12.6 Å². The fraction of sp³-hybridized carbons (Fsp3) is 0.353. The van der Waals surface area contributed by atoms with E-state index in [4.69, 9.17) is 9.47 Å². The molecule has 0 saturated carbocycles. The first-order valence-electron chi connectivity index (χ1n) is 8.20. The van der Waals surface area contributed by atoms with Crippen LogP contribution in [-0.4, -0.2) is 39.4 Å². The molecule has 0 bridgehead atoms. The van der Waals surface area contributed by atoms with Gasteiger partial charge in [0.2, 0.25) is 11.9 Å². The number of methoxy groups -OCH3 is 1. The maximum atomic E-state index is 12.3. The Kier molecular flexibility index (Phi) is 4.10. The number of aromatic nitrogens is 4. The van der Waals surface area contributed by atoms with Crippen LogP contribution in [0.25, 0.3) is 10.9 Å². The SMILES string of the molecule is COc1cccc2c1ccn2CC(=O)Nc1n[nH]c([C@@H]2CCCO2)n1. The molecule has 1 aliphatic rings. The molecule has 8 nitrogen and oxygen atoms in total. The molecule has 1 amide bonds. The Balaban J connectivity index is 1.46. The van der Waals surface area contributed by atoms with Crippen LogP contribution in [-0.2, 0) is 16.1 Å². The van der Waals surface area contributed by atoms with Gasteiger partial charge in [-0.25, -0.2) is 0 Å². The zero-order chi connectivity index (χ0) is 17.2. The topological polar surface area (TPSA) is 94.1 Å². The maximum absolute atomic E-state index is 12.3. The second kappa shape index (κ2) is 6.56. The van der Waals surface area contributed by atoms with E-state index >= 15 is 0 Å². The Morgan fingerprint density at radius 1 is 1.48 bits per heavy atom. The van der Waals surface area contributed by atoms with Crippen LogP contribution in [0.5, 0.6) is 5.75 Å². The van der Waals surface area contributed by atoms with Crippen molar-refractivity contribution < 1.29 is 14.3 Å². The number of carbonyl (C=O) groups excluding carboxylic acids is 1. The van der Waals surface area contributed by atoms with Crippen molar-refractivity contribution in [2.45, 2.75) is 25.5 Å². The molecule has 25 heavy (non-hydrogen) atoms. The molecule has 130 valence electrons. The lowest BCUT2D eigenvalue weighted by atomic mass is 10.2. The van der Waals surface area contributed by atoms with Gasteiger partial charge in [-0.2, -0.15) is 4.98 Å². The van der Waals surface area contributed by atoms with Gasteiger partial charge in [0.25, 0.3) is 0 Å². The third-order valence-corrected chi connectivity index (χ3v) is 4.30. The summed E-state index contributed by atoms with van der Waals surface area (Å²) in [4.78, 5) is 16.6. The maximum Gasteiger partial charge on any atom is 0.248 e. The van der Waals surface area contributed by atoms with Crippen molar-refractivity contribution in [3.63, 3.8) is 0 Å². The molecule has 0 aliphatic carbocycles. The third-order valence-electron chi connectivity index (χ3n) is 4.30. The molecule has 1 fully saturated rings. The smallest absolute Gasteiger partial charge is 0.248 e. The first-order chi connectivity index (χ1) is 12.2. The monoisotopic (exact) mass is 341 g/mol. The second-order valence-corrected chi connectivity index (χ2v) is 5.93. The molecule has 1 atom stereocenters. The molecule has 1 aliphatic heterocycles. The fourth-order valence-corrected chi connectivity index (χ4v) is 3.10. The Labute approximate surface area is 144 Å². The first kappa shape index (κ1) is 15.6. The van der Waals surface area contributed by atoms with Crippen molar-refractivity contribution in [3.8, 4) is 5.75 Å². The third kappa shape index (κ3) is 3.08. The highest BCUT2D eigenvalue weighted by Crippen LogP contribution is 2.27. The molecule has 0 spiro atoms. The normalized spacial score (nSPS) is 17.1. The number of benzene rings is 1. The summed E-state index contributed by atoms with van der Waals surface area (Å²) in [7, 11) is 1.63. The number of nitrogens with zero attached hydrogens (tertiary/aromatic N) is 3. The fourth-order valence-electron chi connectivity index (χ4n) is 3.10. The van der Waals surface area contributed by atoms with E-state index in [9.17, 15) is 4.79 Å². The van der Waals surface area contributed by atoms with Crippen LogP contribution in [0.15, 0.2) is 30.5 Å². The molecule has 1 saturated heterocycles. The van der Waals surface area contributed by atoms with E-state index in [-0.39, 0.29) is 24.5 Å². The number of hydrogen-bond donors (Lipinski definition) is 2. The second-order valence-electron chi connectivity index (χ2n) is 5.93. The van der Waals surface area contributed by atoms with Gasteiger partial charge >= 0.3 is 0 Å². The van der Waals surface area contributed by atoms with Gasteiger partial charge in [0.1, 0.15) is 18.4 Å². The number of nitrogens with one attached hydrogen (secondary N) is 2. The lowest BCUT2D eigenvalue weighted by molar-refractivity contribution is -0.116. The summed E-state index contributed by atoms with van der Waals surface area (Å²) in [6.07, 6.45) is 3.73. The first-order valence-corrected chi connectivity index (χ1v) is 8.20. The molecule has 4 rings (SSSR count). The number of anilines is 1. The van der Waals surface area contributed by atoms with E-state index in [1.54, 1.807) is 7.11 Å². The molecule has 3 aromatic rings. The van der Waals surface area contributed by atoms with E-state index in [2.05, 4.69) is 20.5 Å². The summed E-state index contributed by atoms with van der Waals surface area (Å²) in [6, 6.07) is 7.68. The van der Waals surface area contributed by atoms with Gasteiger partial charge in [-0.15, -0.1) is 5.10 Å². The van der Waals surface area contributed by atoms with Gasteiger partial charge in [-0.05, 0) is 31.0 Å². The molecule has 8 heteroatoms. The Hall–Kier alpha value is -2.87. The van der Waals surface area contributed by atoms with Gasteiger partial charge in [-0.1, -0.05) is 6.07 Å². The summed E-state index contributed by atoms with van der Waals surface area (Å²) in [6.45, 7) is 0.900. The van der Waals surface area contributed by atoms with Gasteiger partial charge in [0, 0.05) is 18.2 Å². The van der Waals surface area contributed by atoms with Crippen molar-refractivity contribution >= 4 is 22.8 Å². The summed E-state index contributed by atoms with van der Waals surface area (Å²) >= 11 is 0. The zero-order valence-corrected chi connectivity index (χ0v) is 13.9. The average Bonchev–Trinajstić information content (AvgIpc) is 3.35. The molecular formula is C17H19N5O3. The summed E-state index contributed by atoms with van der Waals surface area (Å²) < 4.78 is 12.8. The largest absolute Gasteiger partial charge is 0.496 e. The number of fused-ring (bicyclic) bond motifs is 1. The van der Waals surface area contributed by atoms with E-state index in [0.717, 1.165) is 36.1 Å². The number of hydrogen-bond acceptors (Lipinski definition) is 5. The lowest BCUT2D eigenvalue weighted by Crippen LogP contribution is -2.19. The van der Waals surface area contributed by atoms with Crippen molar-refractivity contribution in [2.24, 2.45) is 0 Å². The van der Waals surface area contributed by atoms with Crippen LogP contribution in [0, 0.1) is 0 Å². The van der Waals surface area contributed by atoms with Crippen molar-refractivity contribution in [1.82, 2.24) is 19.7 Å². The van der Waals surface area contributed by atoms with E-state index < -0.39 is 0 Å². The Morgan fingerprint density at radius 3 is 3.20 bits per heavy atom. The highest BCUT2D eigenvalue weighted by Gasteiger charge is 2.21. The number of aromatic amines is 1.